The van der Waals surface area contributed by atoms with Crippen LogP contribution >= 0.6 is 0 Å². The molecule has 2 unspecified atom stereocenters. The summed E-state index contributed by atoms with van der Waals surface area (Å²) in [5.74, 6) is -0.821. The predicted octanol–water partition coefficient (Wildman–Crippen LogP) is 3.59. The summed E-state index contributed by atoms with van der Waals surface area (Å²) in [5.41, 5.74) is 0.777. The van der Waals surface area contributed by atoms with Crippen molar-refractivity contribution in [3.05, 3.63) is 71.3 Å². The largest absolute Gasteiger partial charge is 0.445 e. The average Bonchev–Trinajstić information content (AvgIpc) is 3.07. The first-order valence-electron chi connectivity index (χ1n) is 11.6. The lowest BCUT2D eigenvalue weighted by molar-refractivity contribution is 0.0269. The Morgan fingerprint density at radius 1 is 0.971 bits per heavy atom. The number of ether oxygens (including phenoxy) is 2. The van der Waals surface area contributed by atoms with Crippen molar-refractivity contribution in [3.8, 4) is 0 Å². The summed E-state index contributed by atoms with van der Waals surface area (Å²) in [5, 5.41) is 2.77. The van der Waals surface area contributed by atoms with Gasteiger partial charge in [0.2, 0.25) is 0 Å². The maximum atomic E-state index is 13.1. The fourth-order valence-corrected chi connectivity index (χ4v) is 4.34. The molecule has 0 radical (unpaired) electrons. The van der Waals surface area contributed by atoms with Crippen molar-refractivity contribution < 1.29 is 28.7 Å². The van der Waals surface area contributed by atoms with Crippen molar-refractivity contribution in [3.63, 3.8) is 0 Å². The molecule has 9 heteroatoms. The third-order valence-corrected chi connectivity index (χ3v) is 5.90. The second-order valence-electron chi connectivity index (χ2n) is 9.62. The molecule has 35 heavy (non-hydrogen) atoms. The summed E-state index contributed by atoms with van der Waals surface area (Å²) in [4.78, 5) is 54.2. The molecule has 2 aliphatic rings. The number of imide groups is 1. The molecule has 2 aromatic carbocycles. The summed E-state index contributed by atoms with van der Waals surface area (Å²) in [7, 11) is 0. The molecule has 9 nitrogen and oxygen atoms in total. The van der Waals surface area contributed by atoms with E-state index in [0.29, 0.717) is 11.1 Å². The number of hydrogen-bond donors (Lipinski definition) is 1. The zero-order valence-electron chi connectivity index (χ0n) is 20.0. The van der Waals surface area contributed by atoms with Crippen molar-refractivity contribution in [1.82, 2.24) is 15.1 Å². The van der Waals surface area contributed by atoms with E-state index in [0.717, 1.165) is 5.56 Å². The Morgan fingerprint density at radius 2 is 1.57 bits per heavy atom. The number of carbonyl (C=O) groups is 4. The Kier molecular flexibility index (Phi) is 6.77. The average molecular weight is 480 g/mol. The standard InChI is InChI=1S/C26H29N3O6/c1-26(2,3)35-24(32)27-20-15-28(25(33)34-16-17-9-5-4-6-10-17)14-13-21(20)29-22(30)18-11-7-8-12-19(18)23(29)31/h4-12,20-21H,13-16H2,1-3H3,(H,27,32). The number of likely N-dealkylation sites (tertiary alicyclic amines) is 1. The molecule has 0 saturated carbocycles. The van der Waals surface area contributed by atoms with Crippen LogP contribution in [0.4, 0.5) is 9.59 Å². The molecule has 0 bridgehead atoms. The summed E-state index contributed by atoms with van der Waals surface area (Å²) in [6, 6.07) is 14.6. The van der Waals surface area contributed by atoms with E-state index in [1.165, 1.54) is 9.80 Å². The number of hydrogen-bond acceptors (Lipinski definition) is 6. The molecule has 2 heterocycles. The number of rotatable bonds is 4. The molecule has 184 valence electrons. The van der Waals surface area contributed by atoms with E-state index in [4.69, 9.17) is 9.47 Å². The van der Waals surface area contributed by atoms with Crippen molar-refractivity contribution in [2.45, 2.75) is 51.5 Å². The zero-order chi connectivity index (χ0) is 25.2. The van der Waals surface area contributed by atoms with Gasteiger partial charge in [0, 0.05) is 13.1 Å². The van der Waals surface area contributed by atoms with Gasteiger partial charge in [0.1, 0.15) is 12.2 Å². The van der Waals surface area contributed by atoms with Crippen LogP contribution in [0.2, 0.25) is 0 Å². The normalized spacial score (nSPS) is 19.9. The summed E-state index contributed by atoms with van der Waals surface area (Å²) in [6.45, 7) is 5.65. The molecule has 1 fully saturated rings. The van der Waals surface area contributed by atoms with Gasteiger partial charge >= 0.3 is 12.2 Å². The summed E-state index contributed by atoms with van der Waals surface area (Å²) < 4.78 is 10.8. The second kappa shape index (κ2) is 9.77. The van der Waals surface area contributed by atoms with E-state index in [2.05, 4.69) is 5.32 Å². The highest BCUT2D eigenvalue weighted by atomic mass is 16.6. The van der Waals surface area contributed by atoms with E-state index in [9.17, 15) is 19.2 Å². The van der Waals surface area contributed by atoms with E-state index in [-0.39, 0.29) is 26.1 Å². The van der Waals surface area contributed by atoms with Gasteiger partial charge in [-0.3, -0.25) is 14.5 Å². The van der Waals surface area contributed by atoms with Crippen molar-refractivity contribution in [2.75, 3.05) is 13.1 Å². The number of nitrogens with zero attached hydrogens (tertiary/aromatic N) is 2. The quantitative estimate of drug-likeness (QED) is 0.672. The fourth-order valence-electron chi connectivity index (χ4n) is 4.34. The minimum atomic E-state index is -0.738. The number of amides is 4. The van der Waals surface area contributed by atoms with Crippen LogP contribution in [0, 0.1) is 0 Å². The highest BCUT2D eigenvalue weighted by Gasteiger charge is 2.46. The minimum absolute atomic E-state index is 0.0605. The number of fused-ring (bicyclic) bond motifs is 1. The molecule has 1 N–H and O–H groups in total. The van der Waals surface area contributed by atoms with Crippen LogP contribution in [0.25, 0.3) is 0 Å². The van der Waals surface area contributed by atoms with E-state index < -0.39 is 41.7 Å². The predicted molar refractivity (Wildman–Crippen MR) is 127 cm³/mol. The molecule has 2 atom stereocenters. The van der Waals surface area contributed by atoms with Gasteiger partial charge in [-0.25, -0.2) is 9.59 Å². The highest BCUT2D eigenvalue weighted by Crippen LogP contribution is 2.29. The Labute approximate surface area is 204 Å². The first-order chi connectivity index (χ1) is 16.6. The van der Waals surface area contributed by atoms with Crippen LogP contribution in [0.15, 0.2) is 54.6 Å². The van der Waals surface area contributed by atoms with Gasteiger partial charge in [-0.2, -0.15) is 0 Å². The lowest BCUT2D eigenvalue weighted by atomic mass is 9.97. The number of nitrogens with one attached hydrogen (secondary N) is 1. The van der Waals surface area contributed by atoms with E-state index in [1.807, 2.05) is 30.3 Å². The first kappa shape index (κ1) is 24.3. The molecule has 1 saturated heterocycles. The zero-order valence-corrected chi connectivity index (χ0v) is 20.0. The maximum absolute atomic E-state index is 13.1. The van der Waals surface area contributed by atoms with Crippen molar-refractivity contribution >= 4 is 24.0 Å². The Bertz CT molecular complexity index is 1090. The third-order valence-electron chi connectivity index (χ3n) is 5.90. The molecule has 0 aliphatic carbocycles. The van der Waals surface area contributed by atoms with Crippen molar-refractivity contribution in [1.29, 1.82) is 0 Å². The van der Waals surface area contributed by atoms with Gasteiger partial charge in [-0.1, -0.05) is 42.5 Å². The van der Waals surface area contributed by atoms with Crippen LogP contribution in [0.5, 0.6) is 0 Å². The number of piperidine rings is 1. The van der Waals surface area contributed by atoms with Crippen LogP contribution in [0.1, 0.15) is 53.5 Å². The van der Waals surface area contributed by atoms with Crippen molar-refractivity contribution in [2.24, 2.45) is 0 Å². The van der Waals surface area contributed by atoms with Gasteiger partial charge in [0.25, 0.3) is 11.8 Å². The van der Waals surface area contributed by atoms with Crippen LogP contribution in [-0.4, -0.2) is 64.6 Å². The SMILES string of the molecule is CC(C)(C)OC(=O)NC1CN(C(=O)OCc2ccccc2)CCC1N1C(=O)c2ccccc2C1=O. The van der Waals surface area contributed by atoms with E-state index in [1.54, 1.807) is 45.0 Å². The highest BCUT2D eigenvalue weighted by molar-refractivity contribution is 6.21. The minimum Gasteiger partial charge on any atom is -0.445 e. The van der Waals surface area contributed by atoms with Crippen LogP contribution in [-0.2, 0) is 16.1 Å². The van der Waals surface area contributed by atoms with Gasteiger partial charge in [0.05, 0.1) is 23.2 Å². The molecule has 4 amide bonds. The lowest BCUT2D eigenvalue weighted by Gasteiger charge is -2.41. The second-order valence-corrected chi connectivity index (χ2v) is 9.62. The molecular formula is C26H29N3O6. The van der Waals surface area contributed by atoms with Gasteiger partial charge in [-0.15, -0.1) is 0 Å². The Morgan fingerprint density at radius 3 is 2.17 bits per heavy atom. The van der Waals surface area contributed by atoms with Crippen LogP contribution < -0.4 is 5.32 Å². The third kappa shape index (κ3) is 5.45. The monoisotopic (exact) mass is 479 g/mol. The smallest absolute Gasteiger partial charge is 0.410 e. The lowest BCUT2D eigenvalue weighted by Crippen LogP contribution is -2.62. The molecule has 0 aromatic heterocycles. The first-order valence-corrected chi connectivity index (χ1v) is 11.6. The molecule has 2 aliphatic heterocycles. The van der Waals surface area contributed by atoms with Gasteiger partial charge in [-0.05, 0) is 44.9 Å². The molecular weight excluding hydrogens is 450 g/mol. The number of benzene rings is 2. The van der Waals surface area contributed by atoms with Gasteiger partial charge in [0.15, 0.2) is 0 Å². The summed E-state index contributed by atoms with van der Waals surface area (Å²) >= 11 is 0. The Hall–Kier alpha value is -3.88. The van der Waals surface area contributed by atoms with E-state index >= 15 is 0 Å². The van der Waals surface area contributed by atoms with Crippen LogP contribution in [0.3, 0.4) is 0 Å². The van der Waals surface area contributed by atoms with Gasteiger partial charge < -0.3 is 19.7 Å². The fraction of sp³-hybridized carbons (Fsp3) is 0.385. The topological polar surface area (TPSA) is 105 Å². The number of alkyl carbamates (subject to hydrolysis) is 1. The Balaban J connectivity index is 1.51. The summed E-state index contributed by atoms with van der Waals surface area (Å²) in [6.07, 6.45) is -0.943. The maximum Gasteiger partial charge on any atom is 0.410 e. The number of carbonyl (C=O) groups excluding carboxylic acids is 4. The molecule has 4 rings (SSSR count). The molecule has 2 aromatic rings. The molecule has 0 spiro atoms.